The van der Waals surface area contributed by atoms with Gasteiger partial charge in [0.25, 0.3) is 0 Å². The van der Waals surface area contributed by atoms with Gasteiger partial charge in [-0.25, -0.2) is 0 Å². The molecule has 0 radical (unpaired) electrons. The van der Waals surface area contributed by atoms with E-state index in [1.54, 1.807) is 7.05 Å². The van der Waals surface area contributed by atoms with Crippen LogP contribution in [-0.2, 0) is 10.2 Å². The topological polar surface area (TPSA) is 41.1 Å². The second-order valence-electron chi connectivity index (χ2n) is 5.41. The number of benzene rings is 1. The molecule has 1 atom stereocenters. The third kappa shape index (κ3) is 4.49. The van der Waals surface area contributed by atoms with Crippen molar-refractivity contribution in [2.24, 2.45) is 0 Å². The van der Waals surface area contributed by atoms with Gasteiger partial charge in [-0.05, 0) is 24.3 Å². The largest absolute Gasteiger partial charge is 0.358 e. The van der Waals surface area contributed by atoms with Crippen molar-refractivity contribution in [3.05, 3.63) is 35.9 Å². The van der Waals surface area contributed by atoms with E-state index >= 15 is 0 Å². The Morgan fingerprint density at radius 1 is 1.28 bits per heavy atom. The van der Waals surface area contributed by atoms with Crippen LogP contribution in [0.1, 0.15) is 32.8 Å². The average molecular weight is 248 g/mol. The minimum Gasteiger partial charge on any atom is -0.358 e. The quantitative estimate of drug-likeness (QED) is 0.809. The molecule has 3 heteroatoms. The van der Waals surface area contributed by atoms with E-state index in [0.29, 0.717) is 12.6 Å². The van der Waals surface area contributed by atoms with Gasteiger partial charge in [0.05, 0.1) is 6.54 Å². The number of rotatable bonds is 6. The zero-order valence-electron chi connectivity index (χ0n) is 11.8. The van der Waals surface area contributed by atoms with Crippen LogP contribution < -0.4 is 10.6 Å². The van der Waals surface area contributed by atoms with Gasteiger partial charge in [0.1, 0.15) is 0 Å². The molecule has 1 rings (SSSR count). The fourth-order valence-corrected chi connectivity index (χ4v) is 2.20. The van der Waals surface area contributed by atoms with Gasteiger partial charge in [0.15, 0.2) is 0 Å². The lowest BCUT2D eigenvalue weighted by molar-refractivity contribution is -0.119. The smallest absolute Gasteiger partial charge is 0.233 e. The van der Waals surface area contributed by atoms with Gasteiger partial charge in [0, 0.05) is 13.1 Å². The van der Waals surface area contributed by atoms with Crippen molar-refractivity contribution in [2.45, 2.75) is 38.6 Å². The summed E-state index contributed by atoms with van der Waals surface area (Å²) in [5.74, 6) is 0.0272. The lowest BCUT2D eigenvalue weighted by Crippen LogP contribution is -2.39. The predicted octanol–water partition coefficient (Wildman–Crippen LogP) is 2.08. The Morgan fingerprint density at radius 3 is 2.44 bits per heavy atom. The Morgan fingerprint density at radius 2 is 1.89 bits per heavy atom. The first-order valence-corrected chi connectivity index (χ1v) is 6.45. The Kier molecular flexibility index (Phi) is 5.35. The number of nitrogens with one attached hydrogen (secondary N) is 2. The molecule has 0 saturated carbocycles. The van der Waals surface area contributed by atoms with E-state index in [1.807, 2.05) is 6.07 Å². The molecule has 0 aliphatic carbocycles. The third-order valence-corrected chi connectivity index (χ3v) is 3.26. The molecule has 0 aliphatic heterocycles. The lowest BCUT2D eigenvalue weighted by Gasteiger charge is -2.29. The van der Waals surface area contributed by atoms with Gasteiger partial charge in [-0.2, -0.15) is 0 Å². The maximum Gasteiger partial charge on any atom is 0.233 e. The van der Waals surface area contributed by atoms with Crippen LogP contribution in [0.15, 0.2) is 30.3 Å². The molecule has 2 N–H and O–H groups in total. The summed E-state index contributed by atoms with van der Waals surface area (Å²) in [4.78, 5) is 11.2. The number of amides is 1. The van der Waals surface area contributed by atoms with E-state index in [4.69, 9.17) is 0 Å². The Balaban J connectivity index is 2.52. The van der Waals surface area contributed by atoms with Gasteiger partial charge in [-0.1, -0.05) is 44.2 Å². The molecule has 0 heterocycles. The van der Waals surface area contributed by atoms with E-state index in [9.17, 15) is 4.79 Å². The summed E-state index contributed by atoms with van der Waals surface area (Å²) >= 11 is 0. The van der Waals surface area contributed by atoms with Crippen molar-refractivity contribution < 1.29 is 4.79 Å². The van der Waals surface area contributed by atoms with Crippen LogP contribution in [0, 0.1) is 0 Å². The van der Waals surface area contributed by atoms with Gasteiger partial charge in [-0.15, -0.1) is 0 Å². The van der Waals surface area contributed by atoms with Crippen LogP contribution in [0.4, 0.5) is 0 Å². The number of carbonyl (C=O) groups is 1. The molecular weight excluding hydrogens is 224 g/mol. The van der Waals surface area contributed by atoms with Crippen LogP contribution in [0.25, 0.3) is 0 Å². The first-order valence-electron chi connectivity index (χ1n) is 6.45. The number of likely N-dealkylation sites (N-methyl/N-ethyl adjacent to an activating group) is 1. The highest BCUT2D eigenvalue weighted by atomic mass is 16.1. The maximum absolute atomic E-state index is 11.2. The molecular formula is C15H24N2O. The summed E-state index contributed by atoms with van der Waals surface area (Å²) in [6, 6.07) is 10.8. The Hall–Kier alpha value is -1.35. The van der Waals surface area contributed by atoms with Crippen molar-refractivity contribution in [1.82, 2.24) is 10.6 Å². The first kappa shape index (κ1) is 14.7. The molecule has 0 fully saturated rings. The average Bonchev–Trinajstić information content (AvgIpc) is 2.36. The lowest BCUT2D eigenvalue weighted by atomic mass is 9.79. The van der Waals surface area contributed by atoms with Gasteiger partial charge < -0.3 is 10.6 Å². The van der Waals surface area contributed by atoms with Crippen molar-refractivity contribution in [2.75, 3.05) is 13.6 Å². The number of carbonyl (C=O) groups excluding carboxylic acids is 1. The first-order chi connectivity index (χ1) is 8.45. The van der Waals surface area contributed by atoms with Crippen LogP contribution in [0.5, 0.6) is 0 Å². The van der Waals surface area contributed by atoms with Gasteiger partial charge in [-0.3, -0.25) is 4.79 Å². The molecule has 0 spiro atoms. The molecule has 1 aromatic carbocycles. The molecule has 0 aliphatic rings. The fourth-order valence-electron chi connectivity index (χ4n) is 2.20. The van der Waals surface area contributed by atoms with Gasteiger partial charge >= 0.3 is 0 Å². The standard InChI is InChI=1S/C15H24N2O/c1-12(17-11-14(18)16-4)10-15(2,3)13-8-6-5-7-9-13/h5-9,12,17H,10-11H2,1-4H3,(H,16,18). The van der Waals surface area contributed by atoms with E-state index in [-0.39, 0.29) is 11.3 Å². The summed E-state index contributed by atoms with van der Waals surface area (Å²) < 4.78 is 0. The second-order valence-corrected chi connectivity index (χ2v) is 5.41. The normalized spacial score (nSPS) is 13.1. The third-order valence-electron chi connectivity index (χ3n) is 3.26. The molecule has 0 aromatic heterocycles. The summed E-state index contributed by atoms with van der Waals surface area (Å²) in [7, 11) is 1.66. The minimum atomic E-state index is 0.0272. The predicted molar refractivity (Wildman–Crippen MR) is 75.6 cm³/mol. The molecule has 1 amide bonds. The minimum absolute atomic E-state index is 0.0272. The van der Waals surface area contributed by atoms with E-state index in [2.05, 4.69) is 55.7 Å². The monoisotopic (exact) mass is 248 g/mol. The zero-order chi connectivity index (χ0) is 13.6. The number of hydrogen-bond donors (Lipinski definition) is 2. The van der Waals surface area contributed by atoms with Crippen LogP contribution in [-0.4, -0.2) is 25.5 Å². The molecule has 100 valence electrons. The zero-order valence-corrected chi connectivity index (χ0v) is 11.8. The van der Waals surface area contributed by atoms with Crippen molar-refractivity contribution in [1.29, 1.82) is 0 Å². The van der Waals surface area contributed by atoms with Crippen molar-refractivity contribution in [3.8, 4) is 0 Å². The van der Waals surface area contributed by atoms with Crippen molar-refractivity contribution in [3.63, 3.8) is 0 Å². The van der Waals surface area contributed by atoms with Crippen LogP contribution >= 0.6 is 0 Å². The van der Waals surface area contributed by atoms with Gasteiger partial charge in [0.2, 0.25) is 5.91 Å². The SMILES string of the molecule is CNC(=O)CNC(C)CC(C)(C)c1ccccc1. The fraction of sp³-hybridized carbons (Fsp3) is 0.533. The van der Waals surface area contributed by atoms with E-state index < -0.39 is 0 Å². The highest BCUT2D eigenvalue weighted by Gasteiger charge is 2.23. The summed E-state index contributed by atoms with van der Waals surface area (Å²) in [6.45, 7) is 6.97. The Labute approximate surface area is 110 Å². The van der Waals surface area contributed by atoms with Crippen LogP contribution in [0.2, 0.25) is 0 Å². The van der Waals surface area contributed by atoms with E-state index in [0.717, 1.165) is 6.42 Å². The Bertz CT molecular complexity index is 373. The molecule has 18 heavy (non-hydrogen) atoms. The maximum atomic E-state index is 11.2. The molecule has 1 aromatic rings. The number of hydrogen-bond acceptors (Lipinski definition) is 2. The summed E-state index contributed by atoms with van der Waals surface area (Å²) in [6.07, 6.45) is 0.994. The van der Waals surface area contributed by atoms with Crippen molar-refractivity contribution >= 4 is 5.91 Å². The second kappa shape index (κ2) is 6.55. The molecule has 3 nitrogen and oxygen atoms in total. The molecule has 1 unspecified atom stereocenters. The van der Waals surface area contributed by atoms with E-state index in [1.165, 1.54) is 5.56 Å². The summed E-state index contributed by atoms with van der Waals surface area (Å²) in [5, 5.41) is 5.86. The highest BCUT2D eigenvalue weighted by molar-refractivity contribution is 5.77. The summed E-state index contributed by atoms with van der Waals surface area (Å²) in [5.41, 5.74) is 1.44. The molecule has 0 saturated heterocycles. The van der Waals surface area contributed by atoms with Crippen LogP contribution in [0.3, 0.4) is 0 Å². The highest BCUT2D eigenvalue weighted by Crippen LogP contribution is 2.27. The molecule has 0 bridgehead atoms.